The number of fused-ring (bicyclic) bond motifs is 1. The van der Waals surface area contributed by atoms with Crippen molar-refractivity contribution in [2.45, 2.75) is 38.2 Å². The minimum absolute atomic E-state index is 0.0258. The monoisotopic (exact) mass is 306 g/mol. The summed E-state index contributed by atoms with van der Waals surface area (Å²) in [6, 6.07) is 2.06. The highest BCUT2D eigenvalue weighted by Gasteiger charge is 2.67. The maximum Gasteiger partial charge on any atom is 0.410 e. The second kappa shape index (κ2) is 4.98. The molecule has 0 spiro atoms. The lowest BCUT2D eigenvalue weighted by molar-refractivity contribution is 0.0206. The first-order valence-corrected chi connectivity index (χ1v) is 7.96. The van der Waals surface area contributed by atoms with Gasteiger partial charge in [-0.1, -0.05) is 0 Å². The average molecular weight is 306 g/mol. The third kappa shape index (κ3) is 2.29. The van der Waals surface area contributed by atoms with Crippen LogP contribution in [0.3, 0.4) is 0 Å². The number of nitrogens with zero attached hydrogens (tertiary/aromatic N) is 3. The molecule has 1 amide bonds. The van der Waals surface area contributed by atoms with Crippen molar-refractivity contribution in [1.29, 1.82) is 0 Å². The van der Waals surface area contributed by atoms with E-state index in [1.54, 1.807) is 0 Å². The van der Waals surface area contributed by atoms with E-state index in [1.807, 2.05) is 43.6 Å². The number of nitrogens with two attached hydrogens (primary N) is 1. The van der Waals surface area contributed by atoms with Gasteiger partial charge in [-0.05, 0) is 45.1 Å². The van der Waals surface area contributed by atoms with Crippen LogP contribution in [0.1, 0.15) is 32.9 Å². The average Bonchev–Trinajstić information content (AvgIpc) is 2.89. The van der Waals surface area contributed by atoms with Crippen molar-refractivity contribution in [3.63, 3.8) is 0 Å². The van der Waals surface area contributed by atoms with E-state index in [9.17, 15) is 4.79 Å². The summed E-state index contributed by atoms with van der Waals surface area (Å²) < 4.78 is 7.42. The molecule has 1 aromatic rings. The summed E-state index contributed by atoms with van der Waals surface area (Å²) in [6.45, 7) is 7.76. The summed E-state index contributed by atoms with van der Waals surface area (Å²) in [5.74, 6) is 0.959. The minimum atomic E-state index is -0.454. The largest absolute Gasteiger partial charge is 0.444 e. The standard InChI is InChI=1S/C16H26N4O2/c1-15(2,3)22-14(21)20-8-6-11-12(9-20)16(11,10-17)13-5-7-18-19(13)4/h5,7,11-12H,6,8-10,17H2,1-4H3. The molecular formula is C16H26N4O2. The van der Waals surface area contributed by atoms with Gasteiger partial charge in [-0.2, -0.15) is 5.10 Å². The van der Waals surface area contributed by atoms with E-state index in [-0.39, 0.29) is 11.5 Å². The molecule has 1 aliphatic carbocycles. The van der Waals surface area contributed by atoms with Crippen molar-refractivity contribution < 1.29 is 9.53 Å². The number of hydrogen-bond acceptors (Lipinski definition) is 4. The molecule has 22 heavy (non-hydrogen) atoms. The van der Waals surface area contributed by atoms with Crippen molar-refractivity contribution >= 4 is 6.09 Å². The predicted molar refractivity (Wildman–Crippen MR) is 83.3 cm³/mol. The van der Waals surface area contributed by atoms with Crippen LogP contribution in [0.2, 0.25) is 0 Å². The van der Waals surface area contributed by atoms with E-state index in [0.717, 1.165) is 19.5 Å². The number of amides is 1. The van der Waals surface area contributed by atoms with Gasteiger partial charge in [-0.3, -0.25) is 4.68 Å². The zero-order valence-corrected chi connectivity index (χ0v) is 13.9. The normalized spacial score (nSPS) is 30.9. The molecule has 0 radical (unpaired) electrons. The highest BCUT2D eigenvalue weighted by atomic mass is 16.6. The summed E-state index contributed by atoms with van der Waals surface area (Å²) in [5.41, 5.74) is 6.85. The summed E-state index contributed by atoms with van der Waals surface area (Å²) in [7, 11) is 1.96. The number of likely N-dealkylation sites (tertiary alicyclic amines) is 1. The molecule has 2 aliphatic rings. The van der Waals surface area contributed by atoms with Gasteiger partial charge in [0.25, 0.3) is 0 Å². The number of rotatable bonds is 2. The molecule has 1 aromatic heterocycles. The molecule has 122 valence electrons. The zero-order valence-electron chi connectivity index (χ0n) is 13.9. The molecule has 1 aliphatic heterocycles. The highest BCUT2D eigenvalue weighted by molar-refractivity contribution is 5.68. The number of hydrogen-bond donors (Lipinski definition) is 1. The van der Waals surface area contributed by atoms with Crippen molar-refractivity contribution in [2.75, 3.05) is 19.6 Å². The van der Waals surface area contributed by atoms with Crippen LogP contribution in [0.25, 0.3) is 0 Å². The van der Waals surface area contributed by atoms with Gasteiger partial charge in [0, 0.05) is 44.0 Å². The topological polar surface area (TPSA) is 73.4 Å². The van der Waals surface area contributed by atoms with Crippen LogP contribution >= 0.6 is 0 Å². The van der Waals surface area contributed by atoms with Crippen molar-refractivity contribution in [3.8, 4) is 0 Å². The Labute approximate surface area is 131 Å². The predicted octanol–water partition coefficient (Wildman–Crippen LogP) is 1.50. The fourth-order valence-corrected chi connectivity index (χ4v) is 4.09. The van der Waals surface area contributed by atoms with Crippen LogP contribution in [0.4, 0.5) is 4.79 Å². The van der Waals surface area contributed by atoms with Gasteiger partial charge in [0.1, 0.15) is 5.60 Å². The Hall–Kier alpha value is -1.56. The summed E-state index contributed by atoms with van der Waals surface area (Å²) >= 11 is 0. The first-order valence-electron chi connectivity index (χ1n) is 7.96. The van der Waals surface area contributed by atoms with Crippen molar-refractivity contribution in [3.05, 3.63) is 18.0 Å². The maximum absolute atomic E-state index is 12.3. The van der Waals surface area contributed by atoms with Crippen LogP contribution in [0.15, 0.2) is 12.3 Å². The zero-order chi connectivity index (χ0) is 16.1. The van der Waals surface area contributed by atoms with E-state index in [2.05, 4.69) is 11.2 Å². The van der Waals surface area contributed by atoms with E-state index in [0.29, 0.717) is 18.4 Å². The number of carbonyl (C=O) groups excluding carboxylic acids is 1. The number of piperidine rings is 1. The van der Waals surface area contributed by atoms with Gasteiger partial charge in [-0.25, -0.2) is 4.79 Å². The Balaban J connectivity index is 1.75. The Morgan fingerprint density at radius 2 is 2.23 bits per heavy atom. The fourth-order valence-electron chi connectivity index (χ4n) is 4.09. The van der Waals surface area contributed by atoms with Crippen LogP contribution in [-0.4, -0.2) is 46.0 Å². The molecule has 3 atom stereocenters. The number of ether oxygens (including phenoxy) is 1. The molecule has 1 saturated carbocycles. The summed E-state index contributed by atoms with van der Waals surface area (Å²) in [4.78, 5) is 14.1. The maximum atomic E-state index is 12.3. The van der Waals surface area contributed by atoms with Gasteiger partial charge in [0.15, 0.2) is 0 Å². The first kappa shape index (κ1) is 15.3. The summed E-state index contributed by atoms with van der Waals surface area (Å²) in [5, 5.41) is 4.29. The second-order valence-electron chi connectivity index (χ2n) is 7.51. The van der Waals surface area contributed by atoms with Crippen LogP contribution in [0, 0.1) is 11.8 Å². The van der Waals surface area contributed by atoms with E-state index in [4.69, 9.17) is 10.5 Å². The van der Waals surface area contributed by atoms with Crippen molar-refractivity contribution in [1.82, 2.24) is 14.7 Å². The Morgan fingerprint density at radius 1 is 1.50 bits per heavy atom. The molecule has 2 heterocycles. The van der Waals surface area contributed by atoms with Crippen molar-refractivity contribution in [2.24, 2.45) is 24.6 Å². The lowest BCUT2D eigenvalue weighted by Crippen LogP contribution is -2.41. The Morgan fingerprint density at radius 3 is 2.77 bits per heavy atom. The van der Waals surface area contributed by atoms with E-state index >= 15 is 0 Å². The van der Waals surface area contributed by atoms with Crippen LogP contribution in [0.5, 0.6) is 0 Å². The first-order chi connectivity index (χ1) is 10.3. The summed E-state index contributed by atoms with van der Waals surface area (Å²) in [6.07, 6.45) is 2.59. The Kier molecular flexibility index (Phi) is 3.47. The molecule has 2 N–H and O–H groups in total. The van der Waals surface area contributed by atoms with Gasteiger partial charge < -0.3 is 15.4 Å². The smallest absolute Gasteiger partial charge is 0.410 e. The molecular weight excluding hydrogens is 280 g/mol. The molecule has 0 aromatic carbocycles. The molecule has 1 saturated heterocycles. The molecule has 6 nitrogen and oxygen atoms in total. The fraction of sp³-hybridized carbons (Fsp3) is 0.750. The number of aromatic nitrogens is 2. The third-order valence-corrected chi connectivity index (χ3v) is 5.11. The molecule has 3 rings (SSSR count). The minimum Gasteiger partial charge on any atom is -0.444 e. The van der Waals surface area contributed by atoms with Gasteiger partial charge in [0.05, 0.1) is 0 Å². The van der Waals surface area contributed by atoms with Gasteiger partial charge in [-0.15, -0.1) is 0 Å². The van der Waals surface area contributed by atoms with Gasteiger partial charge in [0.2, 0.25) is 0 Å². The molecule has 2 fully saturated rings. The second-order valence-corrected chi connectivity index (χ2v) is 7.51. The van der Waals surface area contributed by atoms with Crippen LogP contribution < -0.4 is 5.73 Å². The SMILES string of the molecule is Cn1nccc1C1(CN)C2CCN(C(=O)OC(C)(C)C)CC21. The molecule has 3 unspecified atom stereocenters. The van der Waals surface area contributed by atoms with E-state index < -0.39 is 5.60 Å². The molecule has 0 bridgehead atoms. The number of aryl methyl sites for hydroxylation is 1. The van der Waals surface area contributed by atoms with E-state index in [1.165, 1.54) is 5.69 Å². The third-order valence-electron chi connectivity index (χ3n) is 5.11. The number of carbonyl (C=O) groups is 1. The Bertz CT molecular complexity index is 577. The van der Waals surface area contributed by atoms with Gasteiger partial charge >= 0.3 is 6.09 Å². The lowest BCUT2D eigenvalue weighted by Gasteiger charge is -2.29. The quantitative estimate of drug-likeness (QED) is 0.898. The molecule has 6 heteroatoms. The van der Waals surface area contributed by atoms with Crippen LogP contribution in [-0.2, 0) is 17.2 Å². The lowest BCUT2D eigenvalue weighted by atomic mass is 9.97. The highest BCUT2D eigenvalue weighted by Crippen LogP contribution is 2.62.